The smallest absolute Gasteiger partial charge is 0.352 e. The molecule has 0 saturated heterocycles. The number of rotatable bonds is 3. The maximum atomic E-state index is 12.8. The van der Waals surface area contributed by atoms with Crippen molar-refractivity contribution in [2.24, 2.45) is 0 Å². The Morgan fingerprint density at radius 3 is 2.44 bits per heavy atom. The third-order valence-corrected chi connectivity index (χ3v) is 2.95. The van der Waals surface area contributed by atoms with Crippen LogP contribution in [0.15, 0.2) is 30.3 Å². The average molecular weight is 247 g/mol. The first kappa shape index (κ1) is 12.4. The van der Waals surface area contributed by atoms with Crippen molar-refractivity contribution >= 4 is 5.97 Å². The summed E-state index contributed by atoms with van der Waals surface area (Å²) >= 11 is 0. The highest BCUT2D eigenvalue weighted by Crippen LogP contribution is 2.17. The van der Waals surface area contributed by atoms with Gasteiger partial charge in [0.05, 0.1) is 0 Å². The van der Waals surface area contributed by atoms with Crippen LogP contribution in [0, 0.1) is 19.7 Å². The number of carboxylic acid groups (broad SMARTS) is 1. The maximum Gasteiger partial charge on any atom is 0.352 e. The summed E-state index contributed by atoms with van der Waals surface area (Å²) in [5.74, 6) is -1.24. The van der Waals surface area contributed by atoms with Crippen molar-refractivity contribution < 1.29 is 14.3 Å². The zero-order valence-electron chi connectivity index (χ0n) is 10.3. The highest BCUT2D eigenvalue weighted by molar-refractivity contribution is 5.88. The van der Waals surface area contributed by atoms with Crippen LogP contribution >= 0.6 is 0 Å². The van der Waals surface area contributed by atoms with E-state index in [1.165, 1.54) is 12.1 Å². The Hall–Kier alpha value is -2.10. The molecule has 4 heteroatoms. The van der Waals surface area contributed by atoms with Gasteiger partial charge in [-0.05, 0) is 43.2 Å². The Labute approximate surface area is 104 Å². The molecule has 0 atom stereocenters. The molecule has 94 valence electrons. The van der Waals surface area contributed by atoms with Crippen LogP contribution in [0.5, 0.6) is 0 Å². The first-order valence-corrected chi connectivity index (χ1v) is 5.63. The van der Waals surface area contributed by atoms with Gasteiger partial charge in [-0.25, -0.2) is 9.18 Å². The molecule has 0 fully saturated rings. The van der Waals surface area contributed by atoms with Gasteiger partial charge in [-0.3, -0.25) is 0 Å². The molecule has 2 rings (SSSR count). The summed E-state index contributed by atoms with van der Waals surface area (Å²) in [6.45, 7) is 4.07. The Bertz CT molecular complexity index is 585. The number of carboxylic acids is 1. The van der Waals surface area contributed by atoms with Gasteiger partial charge in [0.2, 0.25) is 0 Å². The molecule has 0 aliphatic heterocycles. The van der Waals surface area contributed by atoms with Crippen molar-refractivity contribution in [1.29, 1.82) is 0 Å². The average Bonchev–Trinajstić information content (AvgIpc) is 2.57. The van der Waals surface area contributed by atoms with Crippen molar-refractivity contribution in [2.45, 2.75) is 20.4 Å². The number of hydrogen-bond acceptors (Lipinski definition) is 1. The van der Waals surface area contributed by atoms with E-state index in [0.717, 1.165) is 16.8 Å². The van der Waals surface area contributed by atoms with Crippen molar-refractivity contribution in [1.82, 2.24) is 4.57 Å². The summed E-state index contributed by atoms with van der Waals surface area (Å²) in [6, 6.07) is 7.92. The maximum absolute atomic E-state index is 12.8. The summed E-state index contributed by atoms with van der Waals surface area (Å²) in [5, 5.41) is 9.20. The van der Waals surface area contributed by atoms with Gasteiger partial charge in [-0.2, -0.15) is 0 Å². The number of nitrogens with zero attached hydrogens (tertiary/aromatic N) is 1. The lowest BCUT2D eigenvalue weighted by Crippen LogP contribution is -2.11. The van der Waals surface area contributed by atoms with Crippen molar-refractivity contribution in [3.63, 3.8) is 0 Å². The molecule has 0 spiro atoms. The number of hydrogen-bond donors (Lipinski definition) is 1. The molecule has 3 nitrogen and oxygen atoms in total. The molecule has 0 aliphatic carbocycles. The van der Waals surface area contributed by atoms with E-state index in [2.05, 4.69) is 0 Å². The fraction of sp³-hybridized carbons (Fsp3) is 0.214. The quantitative estimate of drug-likeness (QED) is 0.906. The minimum absolute atomic E-state index is 0.289. The summed E-state index contributed by atoms with van der Waals surface area (Å²) in [6.07, 6.45) is 0. The lowest BCUT2D eigenvalue weighted by atomic mass is 10.2. The van der Waals surface area contributed by atoms with Crippen LogP contribution in [0.3, 0.4) is 0 Å². The van der Waals surface area contributed by atoms with Crippen molar-refractivity contribution in [3.05, 3.63) is 58.7 Å². The van der Waals surface area contributed by atoms with Crippen LogP contribution in [-0.4, -0.2) is 15.6 Å². The summed E-state index contributed by atoms with van der Waals surface area (Å²) < 4.78 is 14.5. The minimum Gasteiger partial charge on any atom is -0.477 e. The monoisotopic (exact) mass is 247 g/mol. The largest absolute Gasteiger partial charge is 0.477 e. The third-order valence-electron chi connectivity index (χ3n) is 2.95. The topological polar surface area (TPSA) is 42.2 Å². The molecule has 1 aromatic heterocycles. The SMILES string of the molecule is Cc1cc(C)n(Cc2ccc(F)cc2)c1C(=O)O. The second-order valence-corrected chi connectivity index (χ2v) is 4.34. The molecule has 0 bridgehead atoms. The van der Waals surface area contributed by atoms with Crippen LogP contribution in [0.2, 0.25) is 0 Å². The fourth-order valence-corrected chi connectivity index (χ4v) is 2.11. The number of aromatic nitrogens is 1. The minimum atomic E-state index is -0.942. The molecular formula is C14H14FNO2. The van der Waals surface area contributed by atoms with E-state index in [0.29, 0.717) is 6.54 Å². The van der Waals surface area contributed by atoms with E-state index in [1.807, 2.05) is 13.0 Å². The van der Waals surface area contributed by atoms with Crippen molar-refractivity contribution in [3.8, 4) is 0 Å². The molecule has 0 saturated carbocycles. The van der Waals surface area contributed by atoms with Crippen LogP contribution < -0.4 is 0 Å². The van der Waals surface area contributed by atoms with E-state index in [4.69, 9.17) is 0 Å². The van der Waals surface area contributed by atoms with Crippen molar-refractivity contribution in [2.75, 3.05) is 0 Å². The number of aryl methyl sites for hydroxylation is 2. The van der Waals surface area contributed by atoms with Gasteiger partial charge in [-0.1, -0.05) is 12.1 Å². The van der Waals surface area contributed by atoms with Crippen LogP contribution in [0.1, 0.15) is 27.3 Å². The van der Waals surface area contributed by atoms with E-state index in [1.54, 1.807) is 23.6 Å². The van der Waals surface area contributed by atoms with E-state index < -0.39 is 5.97 Å². The van der Waals surface area contributed by atoms with E-state index in [-0.39, 0.29) is 11.5 Å². The fourth-order valence-electron chi connectivity index (χ4n) is 2.11. The highest BCUT2D eigenvalue weighted by atomic mass is 19.1. The molecule has 0 unspecified atom stereocenters. The molecule has 1 heterocycles. The number of aromatic carboxylic acids is 1. The van der Waals surface area contributed by atoms with E-state index >= 15 is 0 Å². The molecular weight excluding hydrogens is 233 g/mol. The lowest BCUT2D eigenvalue weighted by Gasteiger charge is -2.09. The van der Waals surface area contributed by atoms with Crippen LogP contribution in [0.4, 0.5) is 4.39 Å². The Kier molecular flexibility index (Phi) is 3.19. The van der Waals surface area contributed by atoms with Gasteiger partial charge >= 0.3 is 5.97 Å². The molecule has 1 N–H and O–H groups in total. The summed E-state index contributed by atoms with van der Waals surface area (Å²) in [4.78, 5) is 11.2. The second-order valence-electron chi connectivity index (χ2n) is 4.34. The number of carbonyl (C=O) groups is 1. The normalized spacial score (nSPS) is 10.6. The standard InChI is InChI=1S/C14H14FNO2/c1-9-7-10(2)16(13(9)14(17)18)8-11-3-5-12(15)6-4-11/h3-7H,8H2,1-2H3,(H,17,18). The summed E-state index contributed by atoms with van der Waals surface area (Å²) in [7, 11) is 0. The van der Waals surface area contributed by atoms with Gasteiger partial charge < -0.3 is 9.67 Å². The number of benzene rings is 1. The zero-order chi connectivity index (χ0) is 13.3. The third kappa shape index (κ3) is 2.27. The Morgan fingerprint density at radius 1 is 1.28 bits per heavy atom. The Balaban J connectivity index is 2.39. The highest BCUT2D eigenvalue weighted by Gasteiger charge is 2.16. The number of halogens is 1. The van der Waals surface area contributed by atoms with E-state index in [9.17, 15) is 14.3 Å². The lowest BCUT2D eigenvalue weighted by molar-refractivity contribution is 0.0684. The van der Waals surface area contributed by atoms with Gasteiger partial charge in [0, 0.05) is 12.2 Å². The van der Waals surface area contributed by atoms with Crippen LogP contribution in [0.25, 0.3) is 0 Å². The molecule has 0 aliphatic rings. The van der Waals surface area contributed by atoms with Gasteiger partial charge in [0.25, 0.3) is 0 Å². The zero-order valence-corrected chi connectivity index (χ0v) is 10.3. The van der Waals surface area contributed by atoms with Gasteiger partial charge in [0.1, 0.15) is 11.5 Å². The second kappa shape index (κ2) is 4.64. The first-order chi connectivity index (χ1) is 8.49. The first-order valence-electron chi connectivity index (χ1n) is 5.63. The van der Waals surface area contributed by atoms with Crippen LogP contribution in [-0.2, 0) is 6.54 Å². The predicted octanol–water partition coefficient (Wildman–Crippen LogP) is 2.99. The van der Waals surface area contributed by atoms with Gasteiger partial charge in [-0.15, -0.1) is 0 Å². The molecule has 18 heavy (non-hydrogen) atoms. The summed E-state index contributed by atoms with van der Waals surface area (Å²) in [5.41, 5.74) is 2.78. The molecule has 0 amide bonds. The predicted molar refractivity (Wildman–Crippen MR) is 66.4 cm³/mol. The van der Waals surface area contributed by atoms with Gasteiger partial charge in [0.15, 0.2) is 0 Å². The Morgan fingerprint density at radius 2 is 1.89 bits per heavy atom. The molecule has 2 aromatic rings. The molecule has 0 radical (unpaired) electrons. The molecule has 1 aromatic carbocycles.